The lowest BCUT2D eigenvalue weighted by molar-refractivity contribution is 0.690. The van der Waals surface area contributed by atoms with Crippen LogP contribution in [0.4, 0.5) is 0 Å². The molecule has 3 heteroatoms. The van der Waals surface area contributed by atoms with Crippen molar-refractivity contribution in [3.05, 3.63) is 55.7 Å². The molecule has 1 atom stereocenters. The van der Waals surface area contributed by atoms with Crippen molar-refractivity contribution in [2.45, 2.75) is 19.9 Å². The number of hydrogen-bond acceptors (Lipinski definition) is 2. The fourth-order valence-electron chi connectivity index (χ4n) is 2.04. The van der Waals surface area contributed by atoms with Crippen LogP contribution < -0.4 is 5.32 Å². The number of benzene rings is 1. The van der Waals surface area contributed by atoms with Gasteiger partial charge in [-0.25, -0.2) is 0 Å². The number of halogens is 1. The van der Waals surface area contributed by atoms with Crippen LogP contribution in [0.25, 0.3) is 0 Å². The Morgan fingerprint density at radius 2 is 2.00 bits per heavy atom. The summed E-state index contributed by atoms with van der Waals surface area (Å²) < 4.78 is 1.16. The van der Waals surface area contributed by atoms with Crippen molar-refractivity contribution in [3.8, 4) is 0 Å². The molecule has 1 heterocycles. The third kappa shape index (κ3) is 2.62. The van der Waals surface area contributed by atoms with Crippen molar-refractivity contribution in [2.24, 2.45) is 0 Å². The van der Waals surface area contributed by atoms with E-state index in [1.165, 1.54) is 21.6 Å². The second kappa shape index (κ2) is 5.34. The highest BCUT2D eigenvalue weighted by Crippen LogP contribution is 2.29. The zero-order valence-corrected chi connectivity index (χ0v) is 12.7. The lowest BCUT2D eigenvalue weighted by Gasteiger charge is -2.18. The van der Waals surface area contributed by atoms with Crippen LogP contribution in [-0.2, 0) is 0 Å². The Morgan fingerprint density at radius 1 is 1.24 bits per heavy atom. The number of rotatable bonds is 3. The second-order valence-corrected chi connectivity index (χ2v) is 6.14. The largest absolute Gasteiger partial charge is 0.309 e. The minimum absolute atomic E-state index is 0.285. The number of aryl methyl sites for hydroxylation is 2. The van der Waals surface area contributed by atoms with Crippen molar-refractivity contribution in [3.63, 3.8) is 0 Å². The van der Waals surface area contributed by atoms with E-state index in [0.717, 1.165) is 4.47 Å². The summed E-state index contributed by atoms with van der Waals surface area (Å²) in [5, 5.41) is 5.55. The first-order chi connectivity index (χ1) is 8.13. The van der Waals surface area contributed by atoms with Gasteiger partial charge in [-0.15, -0.1) is 11.3 Å². The summed E-state index contributed by atoms with van der Waals surface area (Å²) in [4.78, 5) is 1.38. The molecule has 0 saturated carbocycles. The average molecular weight is 310 g/mol. The number of thiophene rings is 1. The molecule has 0 radical (unpaired) electrons. The van der Waals surface area contributed by atoms with Gasteiger partial charge in [-0.2, -0.15) is 0 Å². The van der Waals surface area contributed by atoms with Crippen molar-refractivity contribution in [2.75, 3.05) is 7.05 Å². The van der Waals surface area contributed by atoms with E-state index in [-0.39, 0.29) is 6.04 Å². The fraction of sp³-hybridized carbons (Fsp3) is 0.286. The quantitative estimate of drug-likeness (QED) is 0.884. The molecule has 17 heavy (non-hydrogen) atoms. The lowest BCUT2D eigenvalue weighted by atomic mass is 9.98. The molecule has 0 bridgehead atoms. The van der Waals surface area contributed by atoms with Gasteiger partial charge in [0.1, 0.15) is 0 Å². The zero-order valence-electron chi connectivity index (χ0n) is 10.3. The van der Waals surface area contributed by atoms with Crippen LogP contribution in [0.1, 0.15) is 27.6 Å². The maximum absolute atomic E-state index is 3.55. The van der Waals surface area contributed by atoms with E-state index in [9.17, 15) is 0 Å². The second-order valence-electron chi connectivity index (χ2n) is 4.16. The SMILES string of the molecule is CNC(c1ccc(Br)c(C)c1)c1ccsc1C. The first kappa shape index (κ1) is 12.8. The van der Waals surface area contributed by atoms with Crippen LogP contribution in [0, 0.1) is 13.8 Å². The summed E-state index contributed by atoms with van der Waals surface area (Å²) in [6.07, 6.45) is 0. The molecule has 0 saturated heterocycles. The van der Waals surface area contributed by atoms with E-state index >= 15 is 0 Å². The van der Waals surface area contributed by atoms with Crippen LogP contribution in [-0.4, -0.2) is 7.05 Å². The fourth-order valence-corrected chi connectivity index (χ4v) is 3.03. The molecule has 1 aromatic carbocycles. The molecule has 1 unspecified atom stereocenters. The van der Waals surface area contributed by atoms with Gasteiger partial charge in [0.05, 0.1) is 6.04 Å². The van der Waals surface area contributed by atoms with Gasteiger partial charge in [-0.3, -0.25) is 0 Å². The van der Waals surface area contributed by atoms with Gasteiger partial charge in [-0.1, -0.05) is 28.1 Å². The third-order valence-electron chi connectivity index (χ3n) is 3.01. The van der Waals surface area contributed by atoms with Gasteiger partial charge >= 0.3 is 0 Å². The maximum Gasteiger partial charge on any atom is 0.0585 e. The van der Waals surface area contributed by atoms with E-state index in [2.05, 4.69) is 64.7 Å². The molecule has 0 aliphatic heterocycles. The summed E-state index contributed by atoms with van der Waals surface area (Å²) in [7, 11) is 2.01. The van der Waals surface area contributed by atoms with Gasteiger partial charge < -0.3 is 5.32 Å². The number of hydrogen-bond donors (Lipinski definition) is 1. The molecule has 0 spiro atoms. The molecule has 0 aliphatic rings. The van der Waals surface area contributed by atoms with E-state index in [1.54, 1.807) is 11.3 Å². The van der Waals surface area contributed by atoms with Crippen molar-refractivity contribution in [1.29, 1.82) is 0 Å². The van der Waals surface area contributed by atoms with E-state index in [4.69, 9.17) is 0 Å². The molecule has 0 amide bonds. The van der Waals surface area contributed by atoms with E-state index < -0.39 is 0 Å². The molecule has 1 N–H and O–H groups in total. The molecule has 1 aromatic heterocycles. The standard InChI is InChI=1S/C14H16BrNS/c1-9-8-11(4-5-13(9)15)14(16-3)12-6-7-17-10(12)2/h4-8,14,16H,1-3H3. The minimum Gasteiger partial charge on any atom is -0.309 e. The first-order valence-electron chi connectivity index (χ1n) is 5.60. The Morgan fingerprint density at radius 3 is 2.53 bits per heavy atom. The Hall–Kier alpha value is -0.640. The van der Waals surface area contributed by atoms with Crippen LogP contribution >= 0.6 is 27.3 Å². The van der Waals surface area contributed by atoms with E-state index in [1.807, 2.05) is 7.05 Å². The van der Waals surface area contributed by atoms with Gasteiger partial charge in [0.15, 0.2) is 0 Å². The summed E-state index contributed by atoms with van der Waals surface area (Å²) in [6, 6.07) is 9.03. The Labute approximate surface area is 115 Å². The summed E-state index contributed by atoms with van der Waals surface area (Å²) in [5.41, 5.74) is 3.96. The molecule has 2 rings (SSSR count). The Bertz CT molecular complexity index is 519. The molecule has 0 fully saturated rings. The van der Waals surface area contributed by atoms with Crippen molar-refractivity contribution < 1.29 is 0 Å². The normalized spacial score (nSPS) is 12.7. The third-order valence-corrected chi connectivity index (χ3v) is 4.77. The highest BCUT2D eigenvalue weighted by atomic mass is 79.9. The molecule has 2 aromatic rings. The Kier molecular flexibility index (Phi) is 4.02. The van der Waals surface area contributed by atoms with Crippen molar-refractivity contribution >= 4 is 27.3 Å². The summed E-state index contributed by atoms with van der Waals surface area (Å²) in [5.74, 6) is 0. The molecule has 90 valence electrons. The molecule has 0 aliphatic carbocycles. The van der Waals surface area contributed by atoms with Gasteiger partial charge in [-0.05, 0) is 55.1 Å². The predicted octanol–water partition coefficient (Wildman–Crippen LogP) is 4.44. The topological polar surface area (TPSA) is 12.0 Å². The van der Waals surface area contributed by atoms with Crippen LogP contribution in [0.2, 0.25) is 0 Å². The average Bonchev–Trinajstić information content (AvgIpc) is 2.71. The van der Waals surface area contributed by atoms with E-state index in [0.29, 0.717) is 0 Å². The van der Waals surface area contributed by atoms with Crippen LogP contribution in [0.3, 0.4) is 0 Å². The van der Waals surface area contributed by atoms with Gasteiger partial charge in [0, 0.05) is 9.35 Å². The monoisotopic (exact) mass is 309 g/mol. The Balaban J connectivity index is 2.42. The maximum atomic E-state index is 3.55. The van der Waals surface area contributed by atoms with Crippen LogP contribution in [0.5, 0.6) is 0 Å². The van der Waals surface area contributed by atoms with Gasteiger partial charge in [0.2, 0.25) is 0 Å². The first-order valence-corrected chi connectivity index (χ1v) is 7.28. The highest BCUT2D eigenvalue weighted by Gasteiger charge is 2.15. The molecular weight excluding hydrogens is 294 g/mol. The molecule has 1 nitrogen and oxygen atoms in total. The summed E-state index contributed by atoms with van der Waals surface area (Å²) >= 11 is 5.35. The van der Waals surface area contributed by atoms with Crippen LogP contribution in [0.15, 0.2) is 34.1 Å². The number of nitrogens with one attached hydrogen (secondary N) is 1. The summed E-state index contributed by atoms with van der Waals surface area (Å²) in [6.45, 7) is 4.30. The highest BCUT2D eigenvalue weighted by molar-refractivity contribution is 9.10. The zero-order chi connectivity index (χ0) is 12.4. The van der Waals surface area contributed by atoms with Crippen molar-refractivity contribution in [1.82, 2.24) is 5.32 Å². The predicted molar refractivity (Wildman–Crippen MR) is 78.8 cm³/mol. The molecular formula is C14H16BrNS. The smallest absolute Gasteiger partial charge is 0.0585 e. The lowest BCUT2D eigenvalue weighted by Crippen LogP contribution is -2.17. The minimum atomic E-state index is 0.285. The van der Waals surface area contributed by atoms with Gasteiger partial charge in [0.25, 0.3) is 0 Å².